The zero-order valence-corrected chi connectivity index (χ0v) is 34.8. The molecule has 0 heterocycles. The second kappa shape index (κ2) is 33.3. The van der Waals surface area contributed by atoms with Gasteiger partial charge >= 0.3 is 19.8 Å². The minimum Gasteiger partial charge on any atom is -0.461 e. The van der Waals surface area contributed by atoms with Gasteiger partial charge in [0.15, 0.2) is 6.10 Å². The highest BCUT2D eigenvalue weighted by molar-refractivity contribution is 7.47. The standard InChI is InChI=1S/C43H72NO11P/c1-3-5-7-8-9-10-11-12-13-14-15-16-17-18-19-20-22-28-43(49)55-37(35-54-56(50,51)53-32-31-44)34-52-42(48)27-24-23-26-38-39(41(47)33-40(38)46)30-29-36(45)25-21-6-4-2/h5,7,9-10,12-13,15-16,23-24,29-30,36-41,45-47H,3-4,6,8,11,14,17-22,25-28,31-35,44H2,1-2H3,(H,50,51)/b7-5-,10-9-,13-12-,16-15-,24-23-,30-29+/t36-,37-,38+,39-,40+,41-/m1/s1. The third kappa shape index (κ3) is 27.1. The summed E-state index contributed by atoms with van der Waals surface area (Å²) in [5.74, 6) is -1.77. The Hall–Kier alpha value is -2.67. The molecule has 0 radical (unpaired) electrons. The number of aliphatic hydroxyl groups is 3. The number of carbonyl (C=O) groups is 2. The predicted molar refractivity (Wildman–Crippen MR) is 221 cm³/mol. The molecule has 320 valence electrons. The van der Waals surface area contributed by atoms with Gasteiger partial charge in [-0.3, -0.25) is 18.6 Å². The van der Waals surface area contributed by atoms with E-state index in [1.54, 1.807) is 24.3 Å². The van der Waals surface area contributed by atoms with E-state index in [0.717, 1.165) is 70.6 Å². The van der Waals surface area contributed by atoms with Crippen molar-refractivity contribution in [2.24, 2.45) is 17.6 Å². The van der Waals surface area contributed by atoms with Crippen molar-refractivity contribution in [1.29, 1.82) is 0 Å². The lowest BCUT2D eigenvalue weighted by molar-refractivity contribution is -0.160. The van der Waals surface area contributed by atoms with Crippen LogP contribution in [0.2, 0.25) is 0 Å². The highest BCUT2D eigenvalue weighted by Crippen LogP contribution is 2.43. The van der Waals surface area contributed by atoms with Crippen LogP contribution in [0.3, 0.4) is 0 Å². The largest absolute Gasteiger partial charge is 0.472 e. The Balaban J connectivity index is 2.49. The zero-order chi connectivity index (χ0) is 41.3. The number of unbranched alkanes of at least 4 members (excludes halogenated alkanes) is 6. The number of phosphoric ester groups is 1. The molecule has 1 aliphatic rings. The van der Waals surface area contributed by atoms with E-state index in [1.165, 1.54) is 0 Å². The van der Waals surface area contributed by atoms with Gasteiger partial charge in [-0.25, -0.2) is 4.57 Å². The molecular formula is C43H72NO11P. The van der Waals surface area contributed by atoms with Crippen LogP contribution in [-0.2, 0) is 32.7 Å². The lowest BCUT2D eigenvalue weighted by atomic mass is 9.89. The summed E-state index contributed by atoms with van der Waals surface area (Å²) in [5.41, 5.74) is 5.33. The Morgan fingerprint density at radius 1 is 0.804 bits per heavy atom. The number of hydrogen-bond acceptors (Lipinski definition) is 11. The average molecular weight is 810 g/mol. The minimum absolute atomic E-state index is 0.000787. The van der Waals surface area contributed by atoms with Gasteiger partial charge in [0.25, 0.3) is 0 Å². The molecular weight excluding hydrogens is 737 g/mol. The van der Waals surface area contributed by atoms with Crippen LogP contribution in [0.25, 0.3) is 0 Å². The highest BCUT2D eigenvalue weighted by Gasteiger charge is 2.39. The van der Waals surface area contributed by atoms with Crippen molar-refractivity contribution >= 4 is 19.8 Å². The minimum atomic E-state index is -4.47. The maximum absolute atomic E-state index is 12.6. The number of esters is 2. The summed E-state index contributed by atoms with van der Waals surface area (Å²) in [5, 5.41) is 31.3. The topological polar surface area (TPSA) is 195 Å². The van der Waals surface area contributed by atoms with Crippen molar-refractivity contribution in [3.05, 3.63) is 72.9 Å². The summed E-state index contributed by atoms with van der Waals surface area (Å²) >= 11 is 0. The van der Waals surface area contributed by atoms with Crippen molar-refractivity contribution in [3.63, 3.8) is 0 Å². The lowest BCUT2D eigenvalue weighted by Crippen LogP contribution is -2.29. The second-order valence-corrected chi connectivity index (χ2v) is 15.6. The molecule has 13 heteroatoms. The van der Waals surface area contributed by atoms with E-state index in [9.17, 15) is 34.4 Å². The predicted octanol–water partition coefficient (Wildman–Crippen LogP) is 7.87. The average Bonchev–Trinajstić information content (AvgIpc) is 3.44. The van der Waals surface area contributed by atoms with E-state index in [4.69, 9.17) is 24.3 Å². The first-order valence-electron chi connectivity index (χ1n) is 20.7. The Bertz CT molecular complexity index is 1260. The summed E-state index contributed by atoms with van der Waals surface area (Å²) in [4.78, 5) is 35.1. The fraction of sp³-hybridized carbons (Fsp3) is 0.674. The number of rotatable bonds is 33. The number of phosphoric acid groups is 1. The van der Waals surface area contributed by atoms with Crippen LogP contribution in [0.5, 0.6) is 0 Å². The number of allylic oxidation sites excluding steroid dienone is 9. The van der Waals surface area contributed by atoms with Gasteiger partial charge in [0, 0.05) is 25.3 Å². The van der Waals surface area contributed by atoms with Gasteiger partial charge < -0.3 is 35.4 Å². The van der Waals surface area contributed by atoms with Crippen molar-refractivity contribution in [2.45, 2.75) is 147 Å². The molecule has 0 aromatic rings. The van der Waals surface area contributed by atoms with Crippen molar-refractivity contribution < 1.29 is 52.9 Å². The van der Waals surface area contributed by atoms with Crippen LogP contribution in [0.15, 0.2) is 72.9 Å². The monoisotopic (exact) mass is 809 g/mol. The molecule has 7 atom stereocenters. The van der Waals surface area contributed by atoms with Crippen LogP contribution >= 0.6 is 7.82 Å². The number of carbonyl (C=O) groups excluding carboxylic acids is 2. The third-order valence-corrected chi connectivity index (χ3v) is 10.2. The molecule has 1 aliphatic carbocycles. The van der Waals surface area contributed by atoms with Crippen LogP contribution in [-0.4, -0.2) is 82.9 Å². The fourth-order valence-electron chi connectivity index (χ4n) is 6.07. The molecule has 0 aromatic carbocycles. The molecule has 0 aliphatic heterocycles. The van der Waals surface area contributed by atoms with Crippen LogP contribution < -0.4 is 5.73 Å². The Morgan fingerprint density at radius 3 is 2.16 bits per heavy atom. The van der Waals surface area contributed by atoms with Gasteiger partial charge in [0.2, 0.25) is 0 Å². The maximum Gasteiger partial charge on any atom is 0.472 e. The first-order valence-corrected chi connectivity index (χ1v) is 22.2. The zero-order valence-electron chi connectivity index (χ0n) is 33.9. The summed E-state index contributed by atoms with van der Waals surface area (Å²) in [7, 11) is -4.47. The van der Waals surface area contributed by atoms with Gasteiger partial charge in [-0.2, -0.15) is 0 Å². The maximum atomic E-state index is 12.6. The molecule has 1 unspecified atom stereocenters. The summed E-state index contributed by atoms with van der Waals surface area (Å²) in [6.45, 7) is 3.08. The van der Waals surface area contributed by atoms with E-state index in [2.05, 4.69) is 62.5 Å². The Morgan fingerprint density at radius 2 is 1.48 bits per heavy atom. The molecule has 1 rings (SSSR count). The van der Waals surface area contributed by atoms with Crippen molar-refractivity contribution in [3.8, 4) is 0 Å². The first kappa shape index (κ1) is 51.3. The summed E-state index contributed by atoms with van der Waals surface area (Å²) in [6.07, 6.45) is 33.5. The van der Waals surface area contributed by atoms with Crippen LogP contribution in [0.4, 0.5) is 0 Å². The van der Waals surface area contributed by atoms with E-state index in [0.29, 0.717) is 19.3 Å². The van der Waals surface area contributed by atoms with Crippen LogP contribution in [0, 0.1) is 11.8 Å². The lowest BCUT2D eigenvalue weighted by Gasteiger charge is -2.20. The van der Waals surface area contributed by atoms with Crippen molar-refractivity contribution in [2.75, 3.05) is 26.4 Å². The third-order valence-electron chi connectivity index (χ3n) is 9.18. The second-order valence-electron chi connectivity index (χ2n) is 14.1. The van der Waals surface area contributed by atoms with E-state index in [1.807, 2.05) is 0 Å². The molecule has 0 saturated heterocycles. The molecule has 0 bridgehead atoms. The van der Waals surface area contributed by atoms with E-state index < -0.39 is 57.4 Å². The van der Waals surface area contributed by atoms with Gasteiger partial charge in [-0.05, 0) is 63.7 Å². The Labute approximate surface area is 336 Å². The summed E-state index contributed by atoms with van der Waals surface area (Å²) < 4.78 is 32.6. The summed E-state index contributed by atoms with van der Waals surface area (Å²) in [6, 6.07) is 0. The van der Waals surface area contributed by atoms with Gasteiger partial charge in [-0.1, -0.05) is 119 Å². The van der Waals surface area contributed by atoms with Crippen molar-refractivity contribution in [1.82, 2.24) is 0 Å². The molecule has 12 nitrogen and oxygen atoms in total. The quantitative estimate of drug-likeness (QED) is 0.0187. The number of hydrogen-bond donors (Lipinski definition) is 5. The fourth-order valence-corrected chi connectivity index (χ4v) is 6.83. The molecule has 1 saturated carbocycles. The van der Waals surface area contributed by atoms with Gasteiger partial charge in [0.1, 0.15) is 6.61 Å². The number of ether oxygens (including phenoxy) is 2. The van der Waals surface area contributed by atoms with Gasteiger partial charge in [0.05, 0.1) is 37.9 Å². The molecule has 0 spiro atoms. The molecule has 56 heavy (non-hydrogen) atoms. The van der Waals surface area contributed by atoms with E-state index >= 15 is 0 Å². The van der Waals surface area contributed by atoms with E-state index in [-0.39, 0.29) is 44.2 Å². The first-order chi connectivity index (χ1) is 27.0. The highest BCUT2D eigenvalue weighted by atomic mass is 31.2. The number of nitrogens with two attached hydrogens (primary N) is 1. The SMILES string of the molecule is CC/C=C\C/C=C\C/C=C\C/C=C\CCCCCCC(=O)O[C@H](COC(=O)C/C=C\C[C@H]1[C@@H](/C=C/[C@H](O)CCCCC)[C@H](O)C[C@@H]1O)COP(=O)(O)OCCN. The molecule has 1 fully saturated rings. The molecule has 6 N–H and O–H groups in total. The number of aliphatic hydroxyl groups excluding tert-OH is 3. The smallest absolute Gasteiger partial charge is 0.461 e. The van der Waals surface area contributed by atoms with Crippen LogP contribution in [0.1, 0.15) is 123 Å². The normalized spacial score (nSPS) is 21.3. The van der Waals surface area contributed by atoms with Gasteiger partial charge in [-0.15, -0.1) is 0 Å². The molecule has 0 aromatic heterocycles. The molecule has 0 amide bonds. The Kier molecular flexibility index (Phi) is 30.5.